The van der Waals surface area contributed by atoms with Gasteiger partial charge in [0, 0.05) is 44.0 Å². The van der Waals surface area contributed by atoms with Crippen LogP contribution in [0.5, 0.6) is 5.88 Å². The molecule has 1 aliphatic heterocycles. The van der Waals surface area contributed by atoms with Crippen LogP contribution in [0.15, 0.2) is 29.1 Å². The fourth-order valence-corrected chi connectivity index (χ4v) is 4.06. The monoisotopic (exact) mass is 471 g/mol. The topological polar surface area (TPSA) is 118 Å². The Bertz CT molecular complexity index is 1270. The van der Waals surface area contributed by atoms with Crippen LogP contribution in [0.4, 0.5) is 8.78 Å². The number of methoxy groups -OCH3 is 1. The van der Waals surface area contributed by atoms with Gasteiger partial charge in [0.15, 0.2) is 11.6 Å². The summed E-state index contributed by atoms with van der Waals surface area (Å²) < 4.78 is 32.3. The minimum Gasteiger partial charge on any atom is -0.480 e. The molecule has 0 radical (unpaired) electrons. The Balaban J connectivity index is 1.28. The van der Waals surface area contributed by atoms with Gasteiger partial charge in [0.25, 0.3) is 5.56 Å². The average molecular weight is 471 g/mol. The molecule has 178 valence electrons. The molecule has 0 bridgehead atoms. The second kappa shape index (κ2) is 10.0. The molecule has 1 fully saturated rings. The molecule has 1 saturated heterocycles. The third kappa shape index (κ3) is 5.08. The Morgan fingerprint density at radius 2 is 1.94 bits per heavy atom. The van der Waals surface area contributed by atoms with Crippen LogP contribution in [0.1, 0.15) is 42.0 Å². The van der Waals surface area contributed by atoms with Gasteiger partial charge in [-0.05, 0) is 31.4 Å². The lowest BCUT2D eigenvalue weighted by molar-refractivity contribution is -0.132. The van der Waals surface area contributed by atoms with Crippen molar-refractivity contribution in [3.8, 4) is 5.88 Å². The molecule has 0 unspecified atom stereocenters. The summed E-state index contributed by atoms with van der Waals surface area (Å²) in [5, 5.41) is 7.57. The number of aromatic amines is 1. The minimum absolute atomic E-state index is 0.0634. The summed E-state index contributed by atoms with van der Waals surface area (Å²) >= 11 is 0. The summed E-state index contributed by atoms with van der Waals surface area (Å²) in [7, 11) is 1.47. The minimum atomic E-state index is -0.906. The Morgan fingerprint density at radius 3 is 2.62 bits per heavy atom. The molecule has 3 heterocycles. The zero-order valence-electron chi connectivity index (χ0n) is 18.5. The van der Waals surface area contributed by atoms with Crippen molar-refractivity contribution in [2.24, 2.45) is 5.92 Å². The number of ketones is 1. The van der Waals surface area contributed by atoms with Crippen LogP contribution in [0.3, 0.4) is 0 Å². The van der Waals surface area contributed by atoms with Crippen LogP contribution >= 0.6 is 0 Å². The van der Waals surface area contributed by atoms with Crippen molar-refractivity contribution in [1.29, 1.82) is 0 Å². The quantitative estimate of drug-likeness (QED) is 0.526. The number of nitrogens with one attached hydrogen (secondary N) is 1. The number of likely N-dealkylation sites (tertiary alicyclic amines) is 1. The molecule has 0 atom stereocenters. The zero-order valence-corrected chi connectivity index (χ0v) is 18.5. The van der Waals surface area contributed by atoms with E-state index in [4.69, 9.17) is 4.74 Å². The molecule has 0 saturated carbocycles. The lowest BCUT2D eigenvalue weighted by Gasteiger charge is -2.31. The highest BCUT2D eigenvalue weighted by Crippen LogP contribution is 2.22. The van der Waals surface area contributed by atoms with Crippen molar-refractivity contribution in [3.63, 3.8) is 0 Å². The zero-order chi connectivity index (χ0) is 24.2. The molecule has 0 aliphatic carbocycles. The van der Waals surface area contributed by atoms with Crippen LogP contribution in [-0.2, 0) is 11.2 Å². The number of ether oxygens (including phenoxy) is 1. The molecule has 4 rings (SSSR count). The van der Waals surface area contributed by atoms with Crippen molar-refractivity contribution >= 4 is 22.6 Å². The van der Waals surface area contributed by atoms with Gasteiger partial charge in [-0.25, -0.2) is 13.8 Å². The van der Waals surface area contributed by atoms with Gasteiger partial charge in [-0.2, -0.15) is 0 Å². The number of benzene rings is 1. The first-order valence-electron chi connectivity index (χ1n) is 10.9. The maximum Gasteiger partial charge on any atom is 0.258 e. The van der Waals surface area contributed by atoms with Gasteiger partial charge in [0.1, 0.15) is 22.9 Å². The fraction of sp³-hybridized carbons (Fsp3) is 0.391. The standard InChI is InChI=1S/C23H23F2N5O4/c1-34-19-6-5-17(28-29-19)22(32)13-7-9-30(10-8-13)20(31)4-2-3-18-26-21-15(23(33)27-18)11-14(24)12-16(21)25/h5-6,11-13H,2-4,7-10H2,1H3,(H,26,27,33). The van der Waals surface area contributed by atoms with Crippen LogP contribution in [0.2, 0.25) is 0 Å². The average Bonchev–Trinajstić information content (AvgIpc) is 2.84. The van der Waals surface area contributed by atoms with E-state index in [-0.39, 0.29) is 52.9 Å². The summed E-state index contributed by atoms with van der Waals surface area (Å²) in [6.45, 7) is 0.918. The number of aromatic nitrogens is 4. The van der Waals surface area contributed by atoms with Crippen molar-refractivity contribution < 1.29 is 23.1 Å². The number of rotatable bonds is 7. The van der Waals surface area contributed by atoms with Crippen LogP contribution in [0, 0.1) is 17.6 Å². The Labute approximate surface area is 193 Å². The summed E-state index contributed by atoms with van der Waals surface area (Å²) in [5.74, 6) is -1.57. The van der Waals surface area contributed by atoms with Crippen molar-refractivity contribution in [2.75, 3.05) is 20.2 Å². The third-order valence-electron chi connectivity index (χ3n) is 5.90. The molecule has 1 aliphatic rings. The first-order valence-corrected chi connectivity index (χ1v) is 10.9. The highest BCUT2D eigenvalue weighted by Gasteiger charge is 2.28. The molecule has 3 aromatic rings. The molecule has 1 aromatic carbocycles. The molecular weight excluding hydrogens is 448 g/mol. The van der Waals surface area contributed by atoms with Crippen LogP contribution < -0.4 is 10.3 Å². The first kappa shape index (κ1) is 23.4. The molecular formula is C23H23F2N5O4. The van der Waals surface area contributed by atoms with E-state index in [9.17, 15) is 23.2 Å². The summed E-state index contributed by atoms with van der Waals surface area (Å²) in [6.07, 6.45) is 1.95. The van der Waals surface area contributed by atoms with E-state index in [2.05, 4.69) is 20.2 Å². The molecule has 1 N–H and O–H groups in total. The van der Waals surface area contributed by atoms with E-state index in [1.54, 1.807) is 17.0 Å². The summed E-state index contributed by atoms with van der Waals surface area (Å²) in [5.41, 5.74) is -0.542. The van der Waals surface area contributed by atoms with E-state index in [0.29, 0.717) is 44.3 Å². The predicted octanol–water partition coefficient (Wildman–Crippen LogP) is 2.44. The highest BCUT2D eigenvalue weighted by molar-refractivity contribution is 5.96. The number of Topliss-reactive ketones (excluding diaryl/α,β-unsaturated/α-hetero) is 1. The second-order valence-corrected chi connectivity index (χ2v) is 8.13. The van der Waals surface area contributed by atoms with E-state index >= 15 is 0 Å². The number of hydrogen-bond acceptors (Lipinski definition) is 7. The number of carbonyl (C=O) groups excluding carboxylic acids is 2. The molecule has 9 nitrogen and oxygen atoms in total. The second-order valence-electron chi connectivity index (χ2n) is 8.13. The number of amides is 1. The first-order chi connectivity index (χ1) is 16.4. The van der Waals surface area contributed by atoms with Crippen molar-refractivity contribution in [3.05, 3.63) is 57.8 Å². The molecule has 11 heteroatoms. The normalized spacial score (nSPS) is 14.4. The summed E-state index contributed by atoms with van der Waals surface area (Å²) in [4.78, 5) is 45.7. The van der Waals surface area contributed by atoms with Crippen LogP contribution in [0.25, 0.3) is 10.9 Å². The largest absolute Gasteiger partial charge is 0.480 e. The van der Waals surface area contributed by atoms with E-state index in [1.807, 2.05) is 0 Å². The lowest BCUT2D eigenvalue weighted by atomic mass is 9.90. The van der Waals surface area contributed by atoms with Gasteiger partial charge in [-0.1, -0.05) is 0 Å². The number of H-pyrrole nitrogens is 1. The smallest absolute Gasteiger partial charge is 0.258 e. The number of nitrogens with zero attached hydrogens (tertiary/aromatic N) is 4. The summed E-state index contributed by atoms with van der Waals surface area (Å²) in [6, 6.07) is 4.78. The van der Waals surface area contributed by atoms with Gasteiger partial charge in [0.2, 0.25) is 11.8 Å². The molecule has 1 amide bonds. The van der Waals surface area contributed by atoms with E-state index in [0.717, 1.165) is 6.07 Å². The number of halogens is 2. The maximum atomic E-state index is 14.0. The SMILES string of the molecule is COc1ccc(C(=O)C2CCN(C(=O)CCCc3nc4c(F)cc(F)cc4c(=O)[nH]3)CC2)nn1. The van der Waals surface area contributed by atoms with Gasteiger partial charge < -0.3 is 14.6 Å². The number of carbonyl (C=O) groups is 2. The Morgan fingerprint density at radius 1 is 1.18 bits per heavy atom. The highest BCUT2D eigenvalue weighted by atomic mass is 19.1. The van der Waals surface area contributed by atoms with Crippen molar-refractivity contribution in [1.82, 2.24) is 25.1 Å². The lowest BCUT2D eigenvalue weighted by Crippen LogP contribution is -2.40. The molecule has 0 spiro atoms. The number of hydrogen-bond donors (Lipinski definition) is 1. The maximum absolute atomic E-state index is 14.0. The van der Waals surface area contributed by atoms with Crippen molar-refractivity contribution in [2.45, 2.75) is 32.1 Å². The van der Waals surface area contributed by atoms with Crippen LogP contribution in [-0.4, -0.2) is 57.0 Å². The number of fused-ring (bicyclic) bond motifs is 1. The van der Waals surface area contributed by atoms with Gasteiger partial charge in [-0.3, -0.25) is 14.4 Å². The van der Waals surface area contributed by atoms with Gasteiger partial charge >= 0.3 is 0 Å². The third-order valence-corrected chi connectivity index (χ3v) is 5.90. The Hall–Kier alpha value is -3.76. The molecule has 2 aromatic heterocycles. The number of piperidine rings is 1. The molecule has 34 heavy (non-hydrogen) atoms. The van der Waals surface area contributed by atoms with Gasteiger partial charge in [0.05, 0.1) is 12.5 Å². The van der Waals surface area contributed by atoms with E-state index < -0.39 is 17.2 Å². The number of aryl methyl sites for hydroxylation is 1. The van der Waals surface area contributed by atoms with E-state index in [1.165, 1.54) is 7.11 Å². The Kier molecular flexibility index (Phi) is 6.90. The fourth-order valence-electron chi connectivity index (χ4n) is 4.06. The van der Waals surface area contributed by atoms with Gasteiger partial charge in [-0.15, -0.1) is 10.2 Å². The predicted molar refractivity (Wildman–Crippen MR) is 117 cm³/mol.